The Kier molecular flexibility index (Phi) is 5.73. The molecule has 1 unspecified atom stereocenters. The van der Waals surface area contributed by atoms with Crippen LogP contribution in [-0.2, 0) is 10.0 Å². The number of hydrogen-bond donors (Lipinski definition) is 2. The number of rotatable bonds is 4. The average Bonchev–Trinajstić information content (AvgIpc) is 2.83. The maximum absolute atomic E-state index is 13.8. The highest BCUT2D eigenvalue weighted by Gasteiger charge is 2.22. The summed E-state index contributed by atoms with van der Waals surface area (Å²) < 4.78 is 40.2. The maximum atomic E-state index is 13.8. The molecular formula is C12H18ClFN2O2S. The molecule has 0 saturated carbocycles. The van der Waals surface area contributed by atoms with E-state index in [1.165, 1.54) is 6.07 Å². The molecule has 0 amide bonds. The van der Waals surface area contributed by atoms with E-state index < -0.39 is 15.8 Å². The van der Waals surface area contributed by atoms with Gasteiger partial charge < -0.3 is 5.32 Å². The number of aryl methyl sites for hydroxylation is 1. The van der Waals surface area contributed by atoms with Crippen LogP contribution < -0.4 is 10.0 Å². The fourth-order valence-electron chi connectivity index (χ4n) is 2.05. The third-order valence-electron chi connectivity index (χ3n) is 3.13. The number of nitrogens with one attached hydrogen (secondary N) is 2. The molecule has 2 N–H and O–H groups in total. The highest BCUT2D eigenvalue weighted by molar-refractivity contribution is 7.89. The molecule has 1 aromatic rings. The van der Waals surface area contributed by atoms with E-state index in [4.69, 9.17) is 0 Å². The quantitative estimate of drug-likeness (QED) is 0.888. The van der Waals surface area contributed by atoms with Gasteiger partial charge in [-0.1, -0.05) is 12.1 Å². The summed E-state index contributed by atoms with van der Waals surface area (Å²) in [5.41, 5.74) is 0.330. The highest BCUT2D eigenvalue weighted by atomic mass is 35.5. The number of hydrogen-bond acceptors (Lipinski definition) is 3. The highest BCUT2D eigenvalue weighted by Crippen LogP contribution is 2.17. The minimum atomic E-state index is -3.77. The van der Waals surface area contributed by atoms with E-state index in [1.54, 1.807) is 19.1 Å². The molecule has 1 fully saturated rings. The summed E-state index contributed by atoms with van der Waals surface area (Å²) in [5.74, 6) is -0.676. The summed E-state index contributed by atoms with van der Waals surface area (Å²) in [6.45, 7) is 2.76. The second-order valence-corrected chi connectivity index (χ2v) is 6.27. The zero-order chi connectivity index (χ0) is 13.2. The van der Waals surface area contributed by atoms with Crippen molar-refractivity contribution < 1.29 is 12.8 Å². The van der Waals surface area contributed by atoms with Crippen molar-refractivity contribution in [3.05, 3.63) is 29.6 Å². The fraction of sp³-hybridized carbons (Fsp3) is 0.500. The largest absolute Gasteiger partial charge is 0.313 e. The Balaban J connectivity index is 0.00000180. The molecule has 1 aromatic carbocycles. The maximum Gasteiger partial charge on any atom is 0.243 e. The predicted molar refractivity (Wildman–Crippen MR) is 74.6 cm³/mol. The molecule has 2 rings (SSSR count). The Morgan fingerprint density at radius 3 is 2.84 bits per heavy atom. The minimum Gasteiger partial charge on any atom is -0.313 e. The number of sulfonamides is 1. The third-order valence-corrected chi connectivity index (χ3v) is 4.57. The minimum absolute atomic E-state index is 0. The summed E-state index contributed by atoms with van der Waals surface area (Å²) in [6, 6.07) is 4.52. The molecule has 0 aromatic heterocycles. The van der Waals surface area contributed by atoms with Crippen LogP contribution in [0.5, 0.6) is 0 Å². The normalized spacial score (nSPS) is 19.2. The SMILES string of the molecule is Cc1cccc(S(=O)(=O)NCC2CCCN2)c1F.Cl. The fourth-order valence-corrected chi connectivity index (χ4v) is 3.28. The van der Waals surface area contributed by atoms with E-state index in [0.29, 0.717) is 12.1 Å². The van der Waals surface area contributed by atoms with Gasteiger partial charge in [-0.2, -0.15) is 0 Å². The van der Waals surface area contributed by atoms with E-state index in [0.717, 1.165) is 19.4 Å². The van der Waals surface area contributed by atoms with Gasteiger partial charge in [-0.25, -0.2) is 17.5 Å². The van der Waals surface area contributed by atoms with Crippen LogP contribution in [0.4, 0.5) is 4.39 Å². The van der Waals surface area contributed by atoms with Crippen LogP contribution in [0.15, 0.2) is 23.1 Å². The van der Waals surface area contributed by atoms with Crippen LogP contribution in [0, 0.1) is 12.7 Å². The molecule has 0 spiro atoms. The zero-order valence-electron chi connectivity index (χ0n) is 10.6. The first-order valence-corrected chi connectivity index (χ1v) is 7.47. The molecule has 7 heteroatoms. The molecule has 4 nitrogen and oxygen atoms in total. The lowest BCUT2D eigenvalue weighted by atomic mass is 10.2. The Morgan fingerprint density at radius 2 is 2.21 bits per heavy atom. The average molecular weight is 309 g/mol. The van der Waals surface area contributed by atoms with Crippen LogP contribution in [-0.4, -0.2) is 27.5 Å². The molecule has 0 bridgehead atoms. The Morgan fingerprint density at radius 1 is 1.47 bits per heavy atom. The van der Waals surface area contributed by atoms with E-state index in [2.05, 4.69) is 10.0 Å². The standard InChI is InChI=1S/C12H17FN2O2S.ClH/c1-9-4-2-6-11(12(9)13)18(16,17)15-8-10-5-3-7-14-10;/h2,4,6,10,14-15H,3,5,7-8H2,1H3;1H. The zero-order valence-corrected chi connectivity index (χ0v) is 12.3. The second-order valence-electron chi connectivity index (χ2n) is 4.53. The first-order valence-electron chi connectivity index (χ1n) is 5.99. The van der Waals surface area contributed by atoms with E-state index in [-0.39, 0.29) is 23.3 Å². The van der Waals surface area contributed by atoms with Gasteiger partial charge in [0.25, 0.3) is 0 Å². The van der Waals surface area contributed by atoms with Crippen molar-refractivity contribution in [2.24, 2.45) is 0 Å². The predicted octanol–water partition coefficient (Wildman–Crippen LogP) is 1.59. The number of halogens is 2. The molecular weight excluding hydrogens is 291 g/mol. The molecule has 1 saturated heterocycles. The lowest BCUT2D eigenvalue weighted by Gasteiger charge is -2.12. The summed E-state index contributed by atoms with van der Waals surface area (Å²) in [4.78, 5) is -0.277. The van der Waals surface area contributed by atoms with Crippen molar-refractivity contribution in [1.82, 2.24) is 10.0 Å². The van der Waals surface area contributed by atoms with Gasteiger partial charge in [-0.15, -0.1) is 12.4 Å². The van der Waals surface area contributed by atoms with E-state index >= 15 is 0 Å². The first kappa shape index (κ1) is 16.4. The van der Waals surface area contributed by atoms with E-state index in [9.17, 15) is 12.8 Å². The molecule has 1 aliphatic heterocycles. The summed E-state index contributed by atoms with van der Waals surface area (Å²) in [6.07, 6.45) is 1.99. The van der Waals surface area contributed by atoms with Crippen LogP contribution in [0.25, 0.3) is 0 Å². The van der Waals surface area contributed by atoms with Gasteiger partial charge in [0.2, 0.25) is 10.0 Å². The third kappa shape index (κ3) is 3.89. The molecule has 19 heavy (non-hydrogen) atoms. The van der Waals surface area contributed by atoms with Crippen molar-refractivity contribution in [1.29, 1.82) is 0 Å². The Hall–Kier alpha value is -0.690. The van der Waals surface area contributed by atoms with Gasteiger partial charge in [0.15, 0.2) is 0 Å². The van der Waals surface area contributed by atoms with Crippen LogP contribution in [0.3, 0.4) is 0 Å². The Labute approximate surface area is 119 Å². The lowest BCUT2D eigenvalue weighted by Crippen LogP contribution is -2.37. The van der Waals surface area contributed by atoms with Crippen LogP contribution >= 0.6 is 12.4 Å². The van der Waals surface area contributed by atoms with E-state index in [1.807, 2.05) is 0 Å². The summed E-state index contributed by atoms with van der Waals surface area (Å²) >= 11 is 0. The first-order chi connectivity index (χ1) is 8.50. The van der Waals surface area contributed by atoms with Crippen molar-refractivity contribution in [3.8, 4) is 0 Å². The van der Waals surface area contributed by atoms with Crippen molar-refractivity contribution in [2.75, 3.05) is 13.1 Å². The topological polar surface area (TPSA) is 58.2 Å². The van der Waals surface area contributed by atoms with Crippen LogP contribution in [0.1, 0.15) is 18.4 Å². The Bertz CT molecular complexity index is 531. The van der Waals surface area contributed by atoms with Crippen molar-refractivity contribution >= 4 is 22.4 Å². The van der Waals surface area contributed by atoms with Crippen molar-refractivity contribution in [3.63, 3.8) is 0 Å². The molecule has 108 valence electrons. The van der Waals surface area contributed by atoms with Gasteiger partial charge in [-0.3, -0.25) is 0 Å². The molecule has 1 atom stereocenters. The van der Waals surface area contributed by atoms with Gasteiger partial charge in [-0.05, 0) is 37.9 Å². The van der Waals surface area contributed by atoms with Crippen molar-refractivity contribution in [2.45, 2.75) is 30.7 Å². The summed E-state index contributed by atoms with van der Waals surface area (Å²) in [7, 11) is -3.77. The number of benzene rings is 1. The lowest BCUT2D eigenvalue weighted by molar-refractivity contribution is 0.536. The molecule has 0 radical (unpaired) electrons. The monoisotopic (exact) mass is 308 g/mol. The van der Waals surface area contributed by atoms with Gasteiger partial charge in [0.1, 0.15) is 10.7 Å². The van der Waals surface area contributed by atoms with Gasteiger partial charge >= 0.3 is 0 Å². The second kappa shape index (κ2) is 6.65. The van der Waals surface area contributed by atoms with Gasteiger partial charge in [0, 0.05) is 12.6 Å². The molecule has 1 aliphatic rings. The smallest absolute Gasteiger partial charge is 0.243 e. The van der Waals surface area contributed by atoms with Gasteiger partial charge in [0.05, 0.1) is 0 Å². The van der Waals surface area contributed by atoms with Crippen LogP contribution in [0.2, 0.25) is 0 Å². The molecule has 0 aliphatic carbocycles. The summed E-state index contributed by atoms with van der Waals surface area (Å²) in [5, 5.41) is 3.19. The molecule has 1 heterocycles.